The maximum Gasteiger partial charge on any atom is 0.172 e. The van der Waals surface area contributed by atoms with Crippen LogP contribution in [0.15, 0.2) is 6.07 Å². The molecule has 5 nitrogen and oxygen atoms in total. The van der Waals surface area contributed by atoms with Gasteiger partial charge in [-0.2, -0.15) is 5.10 Å². The van der Waals surface area contributed by atoms with E-state index in [2.05, 4.69) is 15.7 Å². The third-order valence-electron chi connectivity index (χ3n) is 2.04. The molecule has 1 unspecified atom stereocenters. The SMILES string of the molecule is COCC(C)NC(=S)Nc1cc(C)nn1C. The number of anilines is 1. The highest BCUT2D eigenvalue weighted by atomic mass is 32.1. The lowest BCUT2D eigenvalue weighted by atomic mass is 10.4. The van der Waals surface area contributed by atoms with Gasteiger partial charge in [0.25, 0.3) is 0 Å². The molecule has 90 valence electrons. The second kappa shape index (κ2) is 5.81. The molecule has 0 aliphatic heterocycles. The van der Waals surface area contributed by atoms with Crippen LogP contribution in [0.5, 0.6) is 0 Å². The Balaban J connectivity index is 2.48. The molecule has 1 rings (SSSR count). The van der Waals surface area contributed by atoms with E-state index in [0.717, 1.165) is 11.5 Å². The van der Waals surface area contributed by atoms with Gasteiger partial charge in [0.05, 0.1) is 12.3 Å². The van der Waals surface area contributed by atoms with Crippen molar-refractivity contribution in [3.05, 3.63) is 11.8 Å². The standard InChI is InChI=1S/C10H18N4OS/c1-7-5-9(14(3)13-7)12-10(16)11-8(2)6-15-4/h5,8H,6H2,1-4H3,(H2,11,12,16). The van der Waals surface area contributed by atoms with Crippen LogP contribution in [-0.2, 0) is 11.8 Å². The summed E-state index contributed by atoms with van der Waals surface area (Å²) in [4.78, 5) is 0. The quantitative estimate of drug-likeness (QED) is 0.773. The van der Waals surface area contributed by atoms with Crippen molar-refractivity contribution in [2.24, 2.45) is 7.05 Å². The average Bonchev–Trinajstić information content (AvgIpc) is 2.44. The molecule has 2 N–H and O–H groups in total. The van der Waals surface area contributed by atoms with Gasteiger partial charge in [0.15, 0.2) is 5.11 Å². The molecule has 6 heteroatoms. The first-order chi connectivity index (χ1) is 7.52. The molecule has 0 aliphatic rings. The minimum absolute atomic E-state index is 0.180. The molecule has 0 aliphatic carbocycles. The molecule has 0 spiro atoms. The topological polar surface area (TPSA) is 51.1 Å². The minimum Gasteiger partial charge on any atom is -0.383 e. The van der Waals surface area contributed by atoms with E-state index in [1.54, 1.807) is 11.8 Å². The number of thiocarbonyl (C=S) groups is 1. The molecule has 0 saturated heterocycles. The van der Waals surface area contributed by atoms with E-state index in [4.69, 9.17) is 17.0 Å². The fourth-order valence-electron chi connectivity index (χ4n) is 1.40. The van der Waals surface area contributed by atoms with E-state index < -0.39 is 0 Å². The minimum atomic E-state index is 0.180. The molecular formula is C10H18N4OS. The van der Waals surface area contributed by atoms with Crippen molar-refractivity contribution in [3.8, 4) is 0 Å². The van der Waals surface area contributed by atoms with Crippen molar-refractivity contribution < 1.29 is 4.74 Å². The fraction of sp³-hybridized carbons (Fsp3) is 0.600. The highest BCUT2D eigenvalue weighted by Crippen LogP contribution is 2.07. The maximum atomic E-state index is 5.18. The van der Waals surface area contributed by atoms with Gasteiger partial charge in [-0.15, -0.1) is 0 Å². The van der Waals surface area contributed by atoms with Crippen LogP contribution in [0, 0.1) is 6.92 Å². The van der Waals surface area contributed by atoms with Crippen LogP contribution in [0.4, 0.5) is 5.82 Å². The van der Waals surface area contributed by atoms with Crippen LogP contribution < -0.4 is 10.6 Å². The van der Waals surface area contributed by atoms with E-state index in [-0.39, 0.29) is 6.04 Å². The van der Waals surface area contributed by atoms with Gasteiger partial charge in [-0.3, -0.25) is 4.68 Å². The number of aromatic nitrogens is 2. The summed E-state index contributed by atoms with van der Waals surface area (Å²) < 4.78 is 6.77. The lowest BCUT2D eigenvalue weighted by molar-refractivity contribution is 0.179. The Labute approximate surface area is 101 Å². The van der Waals surface area contributed by atoms with Crippen molar-refractivity contribution in [1.29, 1.82) is 0 Å². The number of ether oxygens (including phenoxy) is 1. The second-order valence-electron chi connectivity index (χ2n) is 3.75. The molecular weight excluding hydrogens is 224 g/mol. The van der Waals surface area contributed by atoms with Gasteiger partial charge in [-0.1, -0.05) is 0 Å². The number of hydrogen-bond donors (Lipinski definition) is 2. The molecule has 0 aromatic carbocycles. The smallest absolute Gasteiger partial charge is 0.172 e. The maximum absolute atomic E-state index is 5.18. The monoisotopic (exact) mass is 242 g/mol. The van der Waals surface area contributed by atoms with Crippen molar-refractivity contribution in [2.45, 2.75) is 19.9 Å². The molecule has 0 amide bonds. The van der Waals surface area contributed by atoms with Crippen LogP contribution in [-0.4, -0.2) is 34.7 Å². The Morgan fingerprint density at radius 1 is 1.69 bits per heavy atom. The van der Waals surface area contributed by atoms with Gasteiger partial charge in [-0.25, -0.2) is 0 Å². The summed E-state index contributed by atoms with van der Waals surface area (Å²) in [7, 11) is 3.54. The number of methoxy groups -OCH3 is 1. The molecule has 1 heterocycles. The third kappa shape index (κ3) is 3.79. The summed E-state index contributed by atoms with van der Waals surface area (Å²) in [6.45, 7) is 4.56. The van der Waals surface area contributed by atoms with Gasteiger partial charge >= 0.3 is 0 Å². The van der Waals surface area contributed by atoms with E-state index in [9.17, 15) is 0 Å². The Hall–Kier alpha value is -1.14. The first kappa shape index (κ1) is 12.9. The molecule has 16 heavy (non-hydrogen) atoms. The fourth-order valence-corrected chi connectivity index (χ4v) is 1.70. The molecule has 0 radical (unpaired) electrons. The van der Waals surface area contributed by atoms with Crippen LogP contribution in [0.3, 0.4) is 0 Å². The van der Waals surface area contributed by atoms with Crippen molar-refractivity contribution in [1.82, 2.24) is 15.1 Å². The first-order valence-corrected chi connectivity index (χ1v) is 5.51. The van der Waals surface area contributed by atoms with E-state index in [1.807, 2.05) is 27.0 Å². The predicted octanol–water partition coefficient (Wildman–Crippen LogP) is 1.05. The Morgan fingerprint density at radius 3 is 2.88 bits per heavy atom. The number of nitrogens with zero attached hydrogens (tertiary/aromatic N) is 2. The van der Waals surface area contributed by atoms with Gasteiger partial charge in [0.1, 0.15) is 5.82 Å². The van der Waals surface area contributed by atoms with E-state index in [0.29, 0.717) is 11.7 Å². The van der Waals surface area contributed by atoms with Gasteiger partial charge in [-0.05, 0) is 26.1 Å². The zero-order valence-corrected chi connectivity index (χ0v) is 10.9. The molecule has 0 fully saturated rings. The largest absolute Gasteiger partial charge is 0.383 e. The van der Waals surface area contributed by atoms with Gasteiger partial charge in [0, 0.05) is 26.3 Å². The third-order valence-corrected chi connectivity index (χ3v) is 2.26. The lowest BCUT2D eigenvalue weighted by Gasteiger charge is -2.15. The lowest BCUT2D eigenvalue weighted by Crippen LogP contribution is -2.38. The predicted molar refractivity (Wildman–Crippen MR) is 68.6 cm³/mol. The summed E-state index contributed by atoms with van der Waals surface area (Å²) in [5.74, 6) is 0.875. The number of hydrogen-bond acceptors (Lipinski definition) is 3. The summed E-state index contributed by atoms with van der Waals surface area (Å²) in [5, 5.41) is 11.0. The molecule has 0 saturated carbocycles. The average molecular weight is 242 g/mol. The summed E-state index contributed by atoms with van der Waals surface area (Å²) in [6.07, 6.45) is 0. The van der Waals surface area contributed by atoms with E-state index in [1.165, 1.54) is 0 Å². The number of rotatable bonds is 4. The van der Waals surface area contributed by atoms with Crippen LogP contribution >= 0.6 is 12.2 Å². The first-order valence-electron chi connectivity index (χ1n) is 5.10. The normalized spacial score (nSPS) is 12.2. The molecule has 1 aromatic heterocycles. The highest BCUT2D eigenvalue weighted by molar-refractivity contribution is 7.80. The van der Waals surface area contributed by atoms with Crippen LogP contribution in [0.25, 0.3) is 0 Å². The Morgan fingerprint density at radius 2 is 2.38 bits per heavy atom. The molecule has 1 atom stereocenters. The van der Waals surface area contributed by atoms with Gasteiger partial charge in [0.2, 0.25) is 0 Å². The van der Waals surface area contributed by atoms with Crippen molar-refractivity contribution >= 4 is 23.1 Å². The molecule has 1 aromatic rings. The second-order valence-corrected chi connectivity index (χ2v) is 4.16. The summed E-state index contributed by atoms with van der Waals surface area (Å²) in [6, 6.07) is 2.12. The summed E-state index contributed by atoms with van der Waals surface area (Å²) in [5.41, 5.74) is 0.956. The van der Waals surface area contributed by atoms with Crippen LogP contribution in [0.2, 0.25) is 0 Å². The number of nitrogens with one attached hydrogen (secondary N) is 2. The van der Waals surface area contributed by atoms with Crippen LogP contribution in [0.1, 0.15) is 12.6 Å². The molecule has 0 bridgehead atoms. The zero-order valence-electron chi connectivity index (χ0n) is 10.1. The van der Waals surface area contributed by atoms with Crippen molar-refractivity contribution in [2.75, 3.05) is 19.0 Å². The number of aryl methyl sites for hydroxylation is 2. The zero-order chi connectivity index (χ0) is 12.1. The van der Waals surface area contributed by atoms with Crippen molar-refractivity contribution in [3.63, 3.8) is 0 Å². The Kier molecular flexibility index (Phi) is 4.70. The van der Waals surface area contributed by atoms with Gasteiger partial charge < -0.3 is 15.4 Å². The van der Waals surface area contributed by atoms with E-state index >= 15 is 0 Å². The Bertz CT molecular complexity index is 364. The summed E-state index contributed by atoms with van der Waals surface area (Å²) >= 11 is 5.18. The highest BCUT2D eigenvalue weighted by Gasteiger charge is 2.06.